The molecule has 6 nitrogen and oxygen atoms in total. The number of amides is 1. The summed E-state index contributed by atoms with van der Waals surface area (Å²) in [5.41, 5.74) is 1.66. The summed E-state index contributed by atoms with van der Waals surface area (Å²) in [4.78, 5) is 15.2. The lowest BCUT2D eigenvalue weighted by Gasteiger charge is -2.32. The molecule has 0 spiro atoms. The molecule has 0 aromatic heterocycles. The molecule has 1 heterocycles. The normalized spacial score (nSPS) is 15.2. The first kappa shape index (κ1) is 24.3. The summed E-state index contributed by atoms with van der Waals surface area (Å²) in [5, 5.41) is 0. The van der Waals surface area contributed by atoms with Crippen LogP contribution in [-0.4, -0.2) is 56.8 Å². The van der Waals surface area contributed by atoms with Crippen LogP contribution in [-0.2, 0) is 16.4 Å². The van der Waals surface area contributed by atoms with Crippen molar-refractivity contribution in [1.82, 2.24) is 9.21 Å². The molecule has 1 amide bonds. The summed E-state index contributed by atoms with van der Waals surface area (Å²) in [7, 11) is -2.15. The summed E-state index contributed by atoms with van der Waals surface area (Å²) >= 11 is 0. The van der Waals surface area contributed by atoms with Gasteiger partial charge in [-0.25, -0.2) is 8.42 Å². The Morgan fingerprint density at radius 1 is 1.06 bits per heavy atom. The lowest BCUT2D eigenvalue weighted by molar-refractivity contribution is 0.0683. The number of likely N-dealkylation sites (tertiary alicyclic amines) is 1. The van der Waals surface area contributed by atoms with Crippen LogP contribution in [0.25, 0.3) is 0 Å². The molecule has 0 atom stereocenters. The molecular formula is C25H34N2O4S. The molecule has 7 heteroatoms. The Kier molecular flexibility index (Phi) is 8.32. The molecule has 1 fully saturated rings. The number of hydrogen-bond donors (Lipinski definition) is 0. The number of ether oxygens (including phenoxy) is 1. The van der Waals surface area contributed by atoms with Crippen molar-refractivity contribution in [1.29, 1.82) is 0 Å². The molecule has 0 unspecified atom stereocenters. The zero-order valence-electron chi connectivity index (χ0n) is 19.3. The molecule has 174 valence electrons. The van der Waals surface area contributed by atoms with E-state index in [-0.39, 0.29) is 10.8 Å². The van der Waals surface area contributed by atoms with Gasteiger partial charge in [-0.3, -0.25) is 4.79 Å². The third-order valence-corrected chi connectivity index (χ3v) is 8.38. The van der Waals surface area contributed by atoms with E-state index in [1.165, 1.54) is 29.1 Å². The Morgan fingerprint density at radius 3 is 2.31 bits per heavy atom. The molecule has 0 bridgehead atoms. The minimum absolute atomic E-state index is 0.128. The second-order valence-corrected chi connectivity index (χ2v) is 10.1. The number of aryl methyl sites for hydroxylation is 1. The predicted octanol–water partition coefficient (Wildman–Crippen LogP) is 4.21. The molecule has 0 N–H and O–H groups in total. The fourth-order valence-electron chi connectivity index (χ4n) is 4.34. The monoisotopic (exact) mass is 458 g/mol. The quantitative estimate of drug-likeness (QED) is 0.565. The zero-order valence-corrected chi connectivity index (χ0v) is 20.1. The van der Waals surface area contributed by atoms with Gasteiger partial charge in [-0.15, -0.1) is 0 Å². The van der Waals surface area contributed by atoms with Gasteiger partial charge in [0.2, 0.25) is 10.0 Å². The number of carbonyl (C=O) groups is 1. The van der Waals surface area contributed by atoms with Crippen LogP contribution in [0.5, 0.6) is 5.75 Å². The smallest absolute Gasteiger partial charge is 0.257 e. The lowest BCUT2D eigenvalue weighted by Crippen LogP contribution is -2.39. The molecule has 32 heavy (non-hydrogen) atoms. The van der Waals surface area contributed by atoms with Gasteiger partial charge in [-0.1, -0.05) is 44.2 Å². The standard InChI is InChI=1S/C25H34N2O4S/c1-4-27(5-2)32(29,30)22-13-14-24(31-3)23(19-22)25(28)26-17-15-21(16-18-26)12-11-20-9-7-6-8-10-20/h6-10,13-14,19,21H,4-5,11-12,15-18H2,1-3H3. The number of carbonyl (C=O) groups excluding carboxylic acids is 1. The van der Waals surface area contributed by atoms with Crippen LogP contribution in [0.4, 0.5) is 0 Å². The first-order valence-electron chi connectivity index (χ1n) is 11.4. The second-order valence-electron chi connectivity index (χ2n) is 8.21. The highest BCUT2D eigenvalue weighted by molar-refractivity contribution is 7.89. The van der Waals surface area contributed by atoms with Crippen molar-refractivity contribution in [2.24, 2.45) is 5.92 Å². The number of benzene rings is 2. The molecule has 1 aliphatic rings. The highest BCUT2D eigenvalue weighted by Crippen LogP contribution is 2.28. The maximum atomic E-state index is 13.3. The minimum atomic E-state index is -3.65. The molecule has 2 aromatic carbocycles. The van der Waals surface area contributed by atoms with Crippen LogP contribution >= 0.6 is 0 Å². The Labute approximate surface area is 192 Å². The van der Waals surface area contributed by atoms with Gasteiger partial charge in [0.1, 0.15) is 5.75 Å². The van der Waals surface area contributed by atoms with Crippen LogP contribution < -0.4 is 4.74 Å². The van der Waals surface area contributed by atoms with E-state index in [0.717, 1.165) is 25.7 Å². The van der Waals surface area contributed by atoms with Crippen molar-refractivity contribution in [2.45, 2.75) is 44.4 Å². The van der Waals surface area contributed by atoms with Gasteiger partial charge < -0.3 is 9.64 Å². The summed E-state index contributed by atoms with van der Waals surface area (Å²) in [5.74, 6) is 0.829. The van der Waals surface area contributed by atoms with E-state index in [1.807, 2.05) is 11.0 Å². The van der Waals surface area contributed by atoms with E-state index in [9.17, 15) is 13.2 Å². The molecule has 1 aliphatic heterocycles. The van der Waals surface area contributed by atoms with Crippen molar-refractivity contribution in [3.63, 3.8) is 0 Å². The summed E-state index contributed by atoms with van der Waals surface area (Å²) in [6.07, 6.45) is 4.09. The maximum Gasteiger partial charge on any atom is 0.257 e. The third-order valence-electron chi connectivity index (χ3n) is 6.33. The van der Waals surface area contributed by atoms with Crippen molar-refractivity contribution < 1.29 is 17.9 Å². The van der Waals surface area contributed by atoms with Gasteiger partial charge in [0.15, 0.2) is 0 Å². The predicted molar refractivity (Wildman–Crippen MR) is 126 cm³/mol. The SMILES string of the molecule is CCN(CC)S(=O)(=O)c1ccc(OC)c(C(=O)N2CCC(CCc3ccccc3)CC2)c1. The molecule has 3 rings (SSSR count). The van der Waals surface area contributed by atoms with Crippen molar-refractivity contribution in [3.8, 4) is 5.75 Å². The van der Waals surface area contributed by atoms with E-state index in [2.05, 4.69) is 24.3 Å². The van der Waals surface area contributed by atoms with Crippen LogP contribution in [0.15, 0.2) is 53.4 Å². The number of sulfonamides is 1. The van der Waals surface area contributed by atoms with E-state index in [0.29, 0.717) is 43.4 Å². The summed E-state index contributed by atoms with van der Waals surface area (Å²) in [6.45, 7) is 5.72. The van der Waals surface area contributed by atoms with Crippen LogP contribution in [0, 0.1) is 5.92 Å². The fraction of sp³-hybridized carbons (Fsp3) is 0.480. The highest BCUT2D eigenvalue weighted by Gasteiger charge is 2.28. The highest BCUT2D eigenvalue weighted by atomic mass is 32.2. The molecule has 0 saturated carbocycles. The van der Waals surface area contributed by atoms with Gasteiger partial charge in [-0.2, -0.15) is 4.31 Å². The second kappa shape index (κ2) is 11.0. The number of methoxy groups -OCH3 is 1. The van der Waals surface area contributed by atoms with Gasteiger partial charge >= 0.3 is 0 Å². The summed E-state index contributed by atoms with van der Waals surface area (Å²) < 4.78 is 32.7. The molecular weight excluding hydrogens is 424 g/mol. The van der Waals surface area contributed by atoms with Crippen molar-refractivity contribution in [3.05, 3.63) is 59.7 Å². The average Bonchev–Trinajstić information content (AvgIpc) is 2.83. The molecule has 0 aliphatic carbocycles. The van der Waals surface area contributed by atoms with Gasteiger partial charge in [-0.05, 0) is 55.4 Å². The van der Waals surface area contributed by atoms with E-state index >= 15 is 0 Å². The zero-order chi connectivity index (χ0) is 23.1. The van der Waals surface area contributed by atoms with Gasteiger partial charge in [0.05, 0.1) is 17.6 Å². The Morgan fingerprint density at radius 2 is 1.72 bits per heavy atom. The number of rotatable bonds is 9. The van der Waals surface area contributed by atoms with Gasteiger partial charge in [0, 0.05) is 26.2 Å². The first-order valence-corrected chi connectivity index (χ1v) is 12.9. The van der Waals surface area contributed by atoms with Crippen molar-refractivity contribution >= 4 is 15.9 Å². The minimum Gasteiger partial charge on any atom is -0.496 e. The number of piperidine rings is 1. The van der Waals surface area contributed by atoms with Crippen LogP contribution in [0.2, 0.25) is 0 Å². The molecule has 0 radical (unpaired) electrons. The van der Waals surface area contributed by atoms with E-state index < -0.39 is 10.0 Å². The average molecular weight is 459 g/mol. The Hall–Kier alpha value is -2.38. The molecule has 1 saturated heterocycles. The lowest BCUT2D eigenvalue weighted by atomic mass is 9.90. The van der Waals surface area contributed by atoms with E-state index in [1.54, 1.807) is 19.9 Å². The van der Waals surface area contributed by atoms with E-state index in [4.69, 9.17) is 4.74 Å². The van der Waals surface area contributed by atoms with Gasteiger partial charge in [0.25, 0.3) is 5.91 Å². The Balaban J connectivity index is 1.69. The number of hydrogen-bond acceptors (Lipinski definition) is 4. The van der Waals surface area contributed by atoms with Crippen LogP contribution in [0.3, 0.4) is 0 Å². The van der Waals surface area contributed by atoms with Crippen LogP contribution in [0.1, 0.15) is 49.0 Å². The van der Waals surface area contributed by atoms with Crippen molar-refractivity contribution in [2.75, 3.05) is 33.3 Å². The first-order chi connectivity index (χ1) is 15.4. The molecule has 2 aromatic rings. The summed E-state index contributed by atoms with van der Waals surface area (Å²) in [6, 6.07) is 15.0. The maximum absolute atomic E-state index is 13.3. The largest absolute Gasteiger partial charge is 0.496 e. The fourth-order valence-corrected chi connectivity index (χ4v) is 5.82. The number of nitrogens with zero attached hydrogens (tertiary/aromatic N) is 2. The Bertz CT molecular complexity index is 996. The third kappa shape index (κ3) is 5.51. The topological polar surface area (TPSA) is 66.9 Å².